The molecule has 2 aromatic rings. The molecule has 0 aliphatic rings. The molecule has 0 heterocycles. The van der Waals surface area contributed by atoms with Gasteiger partial charge in [-0.1, -0.05) is 29.3 Å². The lowest BCUT2D eigenvalue weighted by Gasteiger charge is -2.11. The average Bonchev–Trinajstić information content (AvgIpc) is 2.42. The molecule has 0 bridgehead atoms. The summed E-state index contributed by atoms with van der Waals surface area (Å²) in [7, 11) is 0. The van der Waals surface area contributed by atoms with Gasteiger partial charge in [0.05, 0.1) is 10.7 Å². The maximum atomic E-state index is 11.9. The second kappa shape index (κ2) is 6.50. The molecule has 0 aromatic heterocycles. The standard InChI is InChI=1S/C16H17ClN2O2/c1-10-3-6-15(11(2)7-10)21-9-16(20)19-14-8-12(18)4-5-13(14)17/h3-8H,9,18H2,1-2H3,(H,19,20). The third-order valence-electron chi connectivity index (χ3n) is 2.95. The molecule has 0 saturated carbocycles. The molecule has 0 aliphatic heterocycles. The number of hydrogen-bond donors (Lipinski definition) is 2. The summed E-state index contributed by atoms with van der Waals surface area (Å²) in [6, 6.07) is 10.7. The van der Waals surface area contributed by atoms with Crippen molar-refractivity contribution < 1.29 is 9.53 Å². The highest BCUT2D eigenvalue weighted by Crippen LogP contribution is 2.24. The van der Waals surface area contributed by atoms with Crippen molar-refractivity contribution >= 4 is 28.9 Å². The van der Waals surface area contributed by atoms with Crippen LogP contribution in [0.1, 0.15) is 11.1 Å². The van der Waals surface area contributed by atoms with Crippen LogP contribution in [0.15, 0.2) is 36.4 Å². The average molecular weight is 305 g/mol. The molecule has 3 N–H and O–H groups in total. The molecule has 110 valence electrons. The quantitative estimate of drug-likeness (QED) is 0.849. The second-order valence-electron chi connectivity index (χ2n) is 4.85. The zero-order chi connectivity index (χ0) is 15.4. The first-order valence-corrected chi connectivity index (χ1v) is 6.88. The fraction of sp³-hybridized carbons (Fsp3) is 0.188. The fourth-order valence-electron chi connectivity index (χ4n) is 1.93. The van der Waals surface area contributed by atoms with Gasteiger partial charge in [-0.3, -0.25) is 4.79 Å². The number of carbonyl (C=O) groups is 1. The Kier molecular flexibility index (Phi) is 4.70. The first-order valence-electron chi connectivity index (χ1n) is 6.50. The summed E-state index contributed by atoms with van der Waals surface area (Å²) in [5.41, 5.74) is 8.81. The molecule has 0 aliphatic carbocycles. The Labute approximate surface area is 128 Å². The molecule has 2 rings (SSSR count). The summed E-state index contributed by atoms with van der Waals surface area (Å²) in [5, 5.41) is 3.11. The number of carbonyl (C=O) groups excluding carboxylic acids is 1. The van der Waals surface area contributed by atoms with Crippen LogP contribution >= 0.6 is 11.6 Å². The third-order valence-corrected chi connectivity index (χ3v) is 3.28. The zero-order valence-corrected chi connectivity index (χ0v) is 12.7. The van der Waals surface area contributed by atoms with E-state index in [0.717, 1.165) is 11.1 Å². The highest BCUT2D eigenvalue weighted by molar-refractivity contribution is 6.33. The molecular weight excluding hydrogens is 288 g/mol. The highest BCUT2D eigenvalue weighted by Gasteiger charge is 2.08. The maximum Gasteiger partial charge on any atom is 0.262 e. The van der Waals surface area contributed by atoms with Crippen molar-refractivity contribution in [2.75, 3.05) is 17.7 Å². The zero-order valence-electron chi connectivity index (χ0n) is 11.9. The van der Waals surface area contributed by atoms with Gasteiger partial charge in [-0.15, -0.1) is 0 Å². The second-order valence-corrected chi connectivity index (χ2v) is 5.25. The predicted octanol–water partition coefficient (Wildman–Crippen LogP) is 3.56. The van der Waals surface area contributed by atoms with Gasteiger partial charge in [-0.2, -0.15) is 0 Å². The van der Waals surface area contributed by atoms with Crippen molar-refractivity contribution in [1.29, 1.82) is 0 Å². The van der Waals surface area contributed by atoms with Crippen molar-refractivity contribution in [2.24, 2.45) is 0 Å². The smallest absolute Gasteiger partial charge is 0.262 e. The monoisotopic (exact) mass is 304 g/mol. The molecule has 5 heteroatoms. The molecule has 0 fully saturated rings. The van der Waals surface area contributed by atoms with E-state index in [-0.39, 0.29) is 12.5 Å². The predicted molar refractivity (Wildman–Crippen MR) is 85.9 cm³/mol. The highest BCUT2D eigenvalue weighted by atomic mass is 35.5. The normalized spacial score (nSPS) is 10.2. The van der Waals surface area contributed by atoms with Crippen molar-refractivity contribution in [2.45, 2.75) is 13.8 Å². The molecule has 0 saturated heterocycles. The molecule has 1 amide bonds. The minimum Gasteiger partial charge on any atom is -0.483 e. The van der Waals surface area contributed by atoms with E-state index in [1.54, 1.807) is 18.2 Å². The van der Waals surface area contributed by atoms with Gasteiger partial charge in [0.25, 0.3) is 5.91 Å². The maximum absolute atomic E-state index is 11.9. The van der Waals surface area contributed by atoms with Gasteiger partial charge in [-0.25, -0.2) is 0 Å². The largest absolute Gasteiger partial charge is 0.483 e. The first kappa shape index (κ1) is 15.2. The molecule has 21 heavy (non-hydrogen) atoms. The number of halogens is 1. The Balaban J connectivity index is 1.97. The Morgan fingerprint density at radius 3 is 2.71 bits per heavy atom. The van der Waals surface area contributed by atoms with Crippen molar-refractivity contribution in [3.05, 3.63) is 52.5 Å². The van der Waals surface area contributed by atoms with Crippen LogP contribution in [0.4, 0.5) is 11.4 Å². The minimum atomic E-state index is -0.289. The summed E-state index contributed by atoms with van der Waals surface area (Å²) < 4.78 is 5.51. The third kappa shape index (κ3) is 4.13. The number of hydrogen-bond acceptors (Lipinski definition) is 3. The van der Waals surface area contributed by atoms with Crippen LogP contribution in [0.2, 0.25) is 5.02 Å². The van der Waals surface area contributed by atoms with Crippen LogP contribution in [-0.2, 0) is 4.79 Å². The van der Waals surface area contributed by atoms with E-state index >= 15 is 0 Å². The van der Waals surface area contributed by atoms with Crippen LogP contribution in [0.5, 0.6) is 5.75 Å². The Hall–Kier alpha value is -2.20. The fourth-order valence-corrected chi connectivity index (χ4v) is 2.09. The number of amides is 1. The van der Waals surface area contributed by atoms with Crippen LogP contribution in [0.25, 0.3) is 0 Å². The van der Waals surface area contributed by atoms with E-state index in [2.05, 4.69) is 5.32 Å². The van der Waals surface area contributed by atoms with Gasteiger partial charge in [0.2, 0.25) is 0 Å². The summed E-state index contributed by atoms with van der Waals surface area (Å²) in [6.45, 7) is 3.86. The Morgan fingerprint density at radius 1 is 1.24 bits per heavy atom. The number of nitrogens with two attached hydrogens (primary N) is 1. The molecule has 0 spiro atoms. The summed E-state index contributed by atoms with van der Waals surface area (Å²) >= 11 is 5.99. The van der Waals surface area contributed by atoms with Crippen molar-refractivity contribution in [3.8, 4) is 5.75 Å². The van der Waals surface area contributed by atoms with Gasteiger partial charge in [0.1, 0.15) is 5.75 Å². The summed E-state index contributed by atoms with van der Waals surface area (Å²) in [4.78, 5) is 11.9. The SMILES string of the molecule is Cc1ccc(OCC(=O)Nc2cc(N)ccc2Cl)c(C)c1. The first-order chi connectivity index (χ1) is 9.95. The molecule has 0 unspecified atom stereocenters. The van der Waals surface area contributed by atoms with Gasteiger partial charge in [-0.05, 0) is 43.7 Å². The Bertz CT molecular complexity index is 671. The van der Waals surface area contributed by atoms with Gasteiger partial charge >= 0.3 is 0 Å². The number of nitrogens with one attached hydrogen (secondary N) is 1. The minimum absolute atomic E-state index is 0.0883. The number of anilines is 2. The van der Waals surface area contributed by atoms with Crippen molar-refractivity contribution in [1.82, 2.24) is 0 Å². The number of rotatable bonds is 4. The molecule has 4 nitrogen and oxygen atoms in total. The van der Waals surface area contributed by atoms with Gasteiger partial charge in [0, 0.05) is 5.69 Å². The lowest BCUT2D eigenvalue weighted by Crippen LogP contribution is -2.20. The number of aryl methyl sites for hydroxylation is 2. The van der Waals surface area contributed by atoms with Crippen molar-refractivity contribution in [3.63, 3.8) is 0 Å². The van der Waals surface area contributed by atoms with E-state index in [4.69, 9.17) is 22.1 Å². The summed E-state index contributed by atoms with van der Waals surface area (Å²) in [6.07, 6.45) is 0. The molecule has 2 aromatic carbocycles. The molecular formula is C16H17ClN2O2. The lowest BCUT2D eigenvalue weighted by molar-refractivity contribution is -0.118. The van der Waals surface area contributed by atoms with E-state index in [1.165, 1.54) is 0 Å². The Morgan fingerprint density at radius 2 is 2.00 bits per heavy atom. The van der Waals surface area contributed by atoms with Crippen LogP contribution in [-0.4, -0.2) is 12.5 Å². The van der Waals surface area contributed by atoms with Crippen LogP contribution in [0, 0.1) is 13.8 Å². The number of ether oxygens (including phenoxy) is 1. The molecule has 0 radical (unpaired) electrons. The van der Waals surface area contributed by atoms with Gasteiger partial charge < -0.3 is 15.8 Å². The topological polar surface area (TPSA) is 64.3 Å². The van der Waals surface area contributed by atoms with E-state index < -0.39 is 0 Å². The van der Waals surface area contributed by atoms with E-state index in [1.807, 2.05) is 32.0 Å². The van der Waals surface area contributed by atoms with Gasteiger partial charge in [0.15, 0.2) is 6.61 Å². The van der Waals surface area contributed by atoms with E-state index in [9.17, 15) is 4.79 Å². The number of benzene rings is 2. The molecule has 0 atom stereocenters. The van der Waals surface area contributed by atoms with E-state index in [0.29, 0.717) is 22.1 Å². The number of nitrogen functional groups attached to an aromatic ring is 1. The van der Waals surface area contributed by atoms with Crippen LogP contribution < -0.4 is 15.8 Å². The summed E-state index contributed by atoms with van der Waals surface area (Å²) in [5.74, 6) is 0.400. The lowest BCUT2D eigenvalue weighted by atomic mass is 10.1. The van der Waals surface area contributed by atoms with Crippen LogP contribution in [0.3, 0.4) is 0 Å².